The average Bonchev–Trinajstić information content (AvgIpc) is 2.54. The fraction of sp³-hybridized carbons (Fsp3) is 0.615. The lowest BCUT2D eigenvalue weighted by Gasteiger charge is -2.25. The normalized spacial score (nSPS) is 23.9. The van der Waals surface area contributed by atoms with Crippen LogP contribution < -0.4 is 0 Å². The van der Waals surface area contributed by atoms with E-state index in [9.17, 15) is 14.4 Å². The molecule has 0 aliphatic carbocycles. The van der Waals surface area contributed by atoms with Gasteiger partial charge in [0.25, 0.3) is 0 Å². The Morgan fingerprint density at radius 1 is 1.56 bits per heavy atom. The number of allylic oxidation sites excluding steroid dienone is 1. The fourth-order valence-electron chi connectivity index (χ4n) is 1.91. The Bertz CT molecular complexity index is 370. The van der Waals surface area contributed by atoms with Gasteiger partial charge in [0.1, 0.15) is 11.9 Å². The third-order valence-corrected chi connectivity index (χ3v) is 2.64. The number of carbonyl (C=O) groups is 3. The Hall–Kier alpha value is -1.65. The molecule has 1 rings (SSSR count). The maximum absolute atomic E-state index is 12.0. The first-order chi connectivity index (χ1) is 8.30. The van der Waals surface area contributed by atoms with Crippen molar-refractivity contribution in [1.82, 2.24) is 4.90 Å². The molecule has 1 fully saturated rings. The van der Waals surface area contributed by atoms with E-state index in [1.807, 2.05) is 0 Å². The molecule has 1 aliphatic rings. The van der Waals surface area contributed by atoms with Crippen molar-refractivity contribution in [2.75, 3.05) is 0 Å². The van der Waals surface area contributed by atoms with Gasteiger partial charge in [0.2, 0.25) is 5.91 Å². The summed E-state index contributed by atoms with van der Waals surface area (Å²) >= 11 is 0. The molecule has 0 N–H and O–H groups in total. The Labute approximate surface area is 107 Å². The van der Waals surface area contributed by atoms with Gasteiger partial charge in [-0.05, 0) is 33.6 Å². The lowest BCUT2D eigenvalue weighted by atomic mass is 10.0. The molecule has 18 heavy (non-hydrogen) atoms. The summed E-state index contributed by atoms with van der Waals surface area (Å²) in [7, 11) is 0. The molecule has 1 saturated heterocycles. The van der Waals surface area contributed by atoms with Crippen LogP contribution in [0.3, 0.4) is 0 Å². The molecule has 0 unspecified atom stereocenters. The second kappa shape index (κ2) is 5.33. The van der Waals surface area contributed by atoms with E-state index in [1.54, 1.807) is 26.8 Å². The monoisotopic (exact) mass is 253 g/mol. The van der Waals surface area contributed by atoms with Gasteiger partial charge in [-0.25, -0.2) is 9.69 Å². The van der Waals surface area contributed by atoms with Gasteiger partial charge in [-0.1, -0.05) is 6.08 Å². The van der Waals surface area contributed by atoms with E-state index in [-0.39, 0.29) is 11.8 Å². The number of nitrogens with zero attached hydrogens (tertiary/aromatic N) is 1. The van der Waals surface area contributed by atoms with Crippen LogP contribution in [0, 0.1) is 5.92 Å². The molecular weight excluding hydrogens is 234 g/mol. The number of hydrogen-bond donors (Lipinski definition) is 0. The van der Waals surface area contributed by atoms with Gasteiger partial charge >= 0.3 is 6.09 Å². The van der Waals surface area contributed by atoms with Gasteiger partial charge in [-0.3, -0.25) is 4.79 Å². The van der Waals surface area contributed by atoms with E-state index in [0.29, 0.717) is 19.1 Å². The van der Waals surface area contributed by atoms with E-state index < -0.39 is 17.7 Å². The molecule has 2 amide bonds. The van der Waals surface area contributed by atoms with Crippen molar-refractivity contribution in [2.45, 2.75) is 45.3 Å². The van der Waals surface area contributed by atoms with Crippen LogP contribution >= 0.6 is 0 Å². The predicted molar refractivity (Wildman–Crippen MR) is 65.9 cm³/mol. The van der Waals surface area contributed by atoms with Crippen molar-refractivity contribution < 1.29 is 19.1 Å². The molecule has 0 spiro atoms. The molecule has 1 heterocycles. The van der Waals surface area contributed by atoms with E-state index in [2.05, 4.69) is 6.58 Å². The first-order valence-electron chi connectivity index (χ1n) is 5.92. The first kappa shape index (κ1) is 14.4. The molecule has 2 atom stereocenters. The van der Waals surface area contributed by atoms with Crippen LogP contribution in [-0.4, -0.2) is 34.8 Å². The van der Waals surface area contributed by atoms with Gasteiger partial charge < -0.3 is 9.53 Å². The molecule has 100 valence electrons. The smallest absolute Gasteiger partial charge is 0.417 e. The fourth-order valence-corrected chi connectivity index (χ4v) is 1.91. The summed E-state index contributed by atoms with van der Waals surface area (Å²) in [5.41, 5.74) is -0.693. The average molecular weight is 253 g/mol. The van der Waals surface area contributed by atoms with Crippen molar-refractivity contribution in [2.24, 2.45) is 5.92 Å². The highest BCUT2D eigenvalue weighted by Crippen LogP contribution is 2.28. The molecule has 0 aromatic heterocycles. The van der Waals surface area contributed by atoms with Crippen LogP contribution in [0.25, 0.3) is 0 Å². The standard InChI is InChI=1S/C13H19NO4/c1-5-6-9-7-10(8-15)14(11(9)16)12(17)18-13(2,3)4/h5,8-10H,1,6-7H2,2-4H3/t9-,10+/m1/s1. The summed E-state index contributed by atoms with van der Waals surface area (Å²) in [5.74, 6) is -0.716. The summed E-state index contributed by atoms with van der Waals surface area (Å²) in [5, 5.41) is 0. The Morgan fingerprint density at radius 2 is 2.17 bits per heavy atom. The van der Waals surface area contributed by atoms with Crippen molar-refractivity contribution in [3.63, 3.8) is 0 Å². The minimum absolute atomic E-state index is 0.341. The largest absolute Gasteiger partial charge is 0.443 e. The molecule has 5 nitrogen and oxygen atoms in total. The zero-order chi connectivity index (χ0) is 13.9. The van der Waals surface area contributed by atoms with Crippen LogP contribution in [0.1, 0.15) is 33.6 Å². The highest BCUT2D eigenvalue weighted by Gasteiger charge is 2.44. The molecule has 0 aromatic carbocycles. The lowest BCUT2D eigenvalue weighted by molar-refractivity contribution is -0.132. The Balaban J connectivity index is 2.85. The summed E-state index contributed by atoms with van der Waals surface area (Å²) in [6.45, 7) is 8.70. The van der Waals surface area contributed by atoms with Crippen LogP contribution in [0.5, 0.6) is 0 Å². The molecule has 0 saturated carbocycles. The van der Waals surface area contributed by atoms with Gasteiger partial charge in [0, 0.05) is 5.92 Å². The van der Waals surface area contributed by atoms with E-state index in [4.69, 9.17) is 4.74 Å². The summed E-state index contributed by atoms with van der Waals surface area (Å²) in [6.07, 6.45) is 2.28. The highest BCUT2D eigenvalue weighted by molar-refractivity contribution is 5.98. The second-order valence-corrected chi connectivity index (χ2v) is 5.35. The summed E-state index contributed by atoms with van der Waals surface area (Å²) < 4.78 is 5.13. The van der Waals surface area contributed by atoms with Crippen LogP contribution in [0.4, 0.5) is 4.79 Å². The SMILES string of the molecule is C=CC[C@@H]1C[C@@H](C=O)N(C(=O)OC(C)(C)C)C1=O. The number of amides is 2. The van der Waals surface area contributed by atoms with Crippen LogP contribution in [0.2, 0.25) is 0 Å². The third kappa shape index (κ3) is 3.18. The third-order valence-electron chi connectivity index (χ3n) is 2.64. The lowest BCUT2D eigenvalue weighted by Crippen LogP contribution is -2.43. The number of imide groups is 1. The van der Waals surface area contributed by atoms with Gasteiger partial charge in [0.15, 0.2) is 0 Å². The zero-order valence-corrected chi connectivity index (χ0v) is 11.0. The van der Waals surface area contributed by atoms with E-state index in [1.165, 1.54) is 0 Å². The number of rotatable bonds is 3. The van der Waals surface area contributed by atoms with Crippen molar-refractivity contribution >= 4 is 18.3 Å². The van der Waals surface area contributed by atoms with E-state index >= 15 is 0 Å². The zero-order valence-electron chi connectivity index (χ0n) is 11.0. The van der Waals surface area contributed by atoms with Gasteiger partial charge in [-0.15, -0.1) is 6.58 Å². The first-order valence-corrected chi connectivity index (χ1v) is 5.92. The number of aldehydes is 1. The minimum Gasteiger partial charge on any atom is -0.443 e. The number of carbonyl (C=O) groups excluding carboxylic acids is 3. The second-order valence-electron chi connectivity index (χ2n) is 5.35. The highest BCUT2D eigenvalue weighted by atomic mass is 16.6. The molecule has 0 aromatic rings. The van der Waals surface area contributed by atoms with Crippen molar-refractivity contribution in [3.8, 4) is 0 Å². The van der Waals surface area contributed by atoms with Crippen molar-refractivity contribution in [1.29, 1.82) is 0 Å². The number of hydrogen-bond acceptors (Lipinski definition) is 4. The number of likely N-dealkylation sites (tertiary alicyclic amines) is 1. The van der Waals surface area contributed by atoms with Crippen LogP contribution in [0.15, 0.2) is 12.7 Å². The predicted octanol–water partition coefficient (Wildman–Crippen LogP) is 1.91. The molecule has 5 heteroatoms. The van der Waals surface area contributed by atoms with Crippen LogP contribution in [-0.2, 0) is 14.3 Å². The van der Waals surface area contributed by atoms with E-state index in [0.717, 1.165) is 4.90 Å². The van der Waals surface area contributed by atoms with Gasteiger partial charge in [-0.2, -0.15) is 0 Å². The topological polar surface area (TPSA) is 63.7 Å². The maximum Gasteiger partial charge on any atom is 0.417 e. The van der Waals surface area contributed by atoms with Gasteiger partial charge in [0.05, 0.1) is 6.04 Å². The number of ether oxygens (including phenoxy) is 1. The minimum atomic E-state index is -0.754. The Morgan fingerprint density at radius 3 is 2.61 bits per heavy atom. The Kier molecular flexibility index (Phi) is 4.27. The molecular formula is C13H19NO4. The summed E-state index contributed by atoms with van der Waals surface area (Å²) in [4.78, 5) is 35.8. The molecule has 0 bridgehead atoms. The summed E-state index contributed by atoms with van der Waals surface area (Å²) in [6, 6.07) is -0.725. The molecule has 1 aliphatic heterocycles. The molecule has 0 radical (unpaired) electrons. The van der Waals surface area contributed by atoms with Crippen molar-refractivity contribution in [3.05, 3.63) is 12.7 Å². The maximum atomic E-state index is 12.0. The quantitative estimate of drug-likeness (QED) is 0.569.